The van der Waals surface area contributed by atoms with E-state index >= 15 is 9.13 Å². The fraction of sp³-hybridized carbons (Fsp3) is 0.318. The number of para-hydroxylation sites is 2. The molecule has 0 saturated carbocycles. The van der Waals surface area contributed by atoms with Crippen LogP contribution in [0.2, 0.25) is 0 Å². The zero-order chi connectivity index (χ0) is 39.1. The van der Waals surface area contributed by atoms with E-state index in [1.807, 2.05) is 97.1 Å². The molecule has 0 bridgehead atoms. The second-order valence-corrected chi connectivity index (χ2v) is 21.3. The van der Waals surface area contributed by atoms with Crippen LogP contribution in [0.25, 0.3) is 0 Å². The molecule has 2 unspecified atom stereocenters. The summed E-state index contributed by atoms with van der Waals surface area (Å²) in [6.07, 6.45) is 4.03. The van der Waals surface area contributed by atoms with Crippen LogP contribution in [0.5, 0.6) is 23.0 Å². The van der Waals surface area contributed by atoms with Gasteiger partial charge >= 0.3 is 0 Å². The second-order valence-electron chi connectivity index (χ2n) is 15.0. The summed E-state index contributed by atoms with van der Waals surface area (Å²) in [5, 5.41) is 1.21. The van der Waals surface area contributed by atoms with Gasteiger partial charge in [0.2, 0.25) is 0 Å². The molecule has 0 amide bonds. The first-order chi connectivity index (χ1) is 27.8. The predicted octanol–water partition coefficient (Wildman–Crippen LogP) is 9.07. The van der Waals surface area contributed by atoms with E-state index < -0.39 is 14.9 Å². The maximum absolute atomic E-state index is 15.7. The van der Waals surface area contributed by atoms with Gasteiger partial charge in [-0.05, 0) is 126 Å². The molecule has 9 rings (SSSR count). The molecule has 4 saturated heterocycles. The number of fused-ring (bicyclic) bond motifs is 2. The van der Waals surface area contributed by atoms with Crippen LogP contribution < -0.4 is 38.9 Å². The quantitative estimate of drug-likeness (QED) is 0.0894. The van der Waals surface area contributed by atoms with Gasteiger partial charge in [-0.25, -0.2) is 9.34 Å². The number of ether oxygens (including phenoxy) is 4. The first kappa shape index (κ1) is 38.5. The van der Waals surface area contributed by atoms with Gasteiger partial charge in [-0.2, -0.15) is 0 Å². The lowest BCUT2D eigenvalue weighted by Crippen LogP contribution is -2.29. The third-order valence-corrected chi connectivity index (χ3v) is 18.9. The highest BCUT2D eigenvalue weighted by atomic mass is 127. The average molecular weight is 917 g/mol. The molecular weight excluding hydrogens is 869 g/mol. The van der Waals surface area contributed by atoms with E-state index in [-0.39, 0.29) is 25.3 Å². The molecule has 296 valence electrons. The molecule has 4 atom stereocenters. The van der Waals surface area contributed by atoms with Gasteiger partial charge in [-0.15, -0.1) is 0 Å². The number of nitrogens with zero attached hydrogens (tertiary/aromatic N) is 4. The summed E-state index contributed by atoms with van der Waals surface area (Å²) < 4.78 is 66.1. The highest BCUT2D eigenvalue weighted by Crippen LogP contribution is 2.65. The maximum Gasteiger partial charge on any atom is 0.276 e. The predicted molar refractivity (Wildman–Crippen MR) is 235 cm³/mol. The number of methoxy groups -OCH3 is 2. The van der Waals surface area contributed by atoms with E-state index in [0.717, 1.165) is 64.8 Å². The molecular formula is C44H47IN4O6P2. The van der Waals surface area contributed by atoms with Crippen LogP contribution in [0.4, 0.5) is 11.4 Å². The van der Waals surface area contributed by atoms with Crippen molar-refractivity contribution in [1.82, 2.24) is 9.34 Å². The van der Waals surface area contributed by atoms with E-state index in [2.05, 4.69) is 59.5 Å². The number of hydrogen-bond acceptors (Lipinski definition) is 6. The summed E-state index contributed by atoms with van der Waals surface area (Å²) in [6, 6.07) is 38.1. The zero-order valence-electron chi connectivity index (χ0n) is 32.2. The minimum Gasteiger partial charge on any atom is -0.496 e. The largest absolute Gasteiger partial charge is 0.496 e. The molecule has 4 heterocycles. The van der Waals surface area contributed by atoms with E-state index in [1.54, 1.807) is 14.2 Å². The number of hydrogen-bond donors (Lipinski definition) is 0. The van der Waals surface area contributed by atoms with Crippen molar-refractivity contribution in [2.75, 3.05) is 49.7 Å². The average Bonchev–Trinajstić information content (AvgIpc) is 4.03. The van der Waals surface area contributed by atoms with Crippen molar-refractivity contribution >= 4 is 59.5 Å². The molecule has 0 aromatic heterocycles. The Bertz CT molecular complexity index is 2190. The third-order valence-electron chi connectivity index (χ3n) is 11.7. The topological polar surface area (TPSA) is 84.0 Å². The molecule has 13 heteroatoms. The van der Waals surface area contributed by atoms with Crippen molar-refractivity contribution in [2.24, 2.45) is 0 Å². The van der Waals surface area contributed by atoms with Crippen LogP contribution >= 0.6 is 37.5 Å². The lowest BCUT2D eigenvalue weighted by molar-refractivity contribution is 0.300. The monoisotopic (exact) mass is 916 g/mol. The Kier molecular flexibility index (Phi) is 10.8. The Morgan fingerprint density at radius 2 is 1.00 bits per heavy atom. The minimum absolute atomic E-state index is 0.197. The first-order valence-corrected chi connectivity index (χ1v) is 23.9. The molecule has 4 fully saturated rings. The number of halogens is 1. The summed E-state index contributed by atoms with van der Waals surface area (Å²) in [5.41, 5.74) is 3.75. The third kappa shape index (κ3) is 6.83. The maximum atomic E-state index is 15.7. The summed E-state index contributed by atoms with van der Waals surface area (Å²) in [7, 11) is -3.42. The Morgan fingerprint density at radius 1 is 0.579 bits per heavy atom. The van der Waals surface area contributed by atoms with Crippen molar-refractivity contribution in [3.8, 4) is 23.0 Å². The van der Waals surface area contributed by atoms with Crippen molar-refractivity contribution in [3.05, 3.63) is 130 Å². The van der Waals surface area contributed by atoms with Gasteiger partial charge in [0, 0.05) is 53.2 Å². The summed E-state index contributed by atoms with van der Waals surface area (Å²) >= 11 is 2.33. The van der Waals surface area contributed by atoms with Gasteiger partial charge in [0.1, 0.15) is 46.8 Å². The molecule has 0 spiro atoms. The Morgan fingerprint density at radius 3 is 1.42 bits per heavy atom. The van der Waals surface area contributed by atoms with Crippen LogP contribution in [0.3, 0.4) is 0 Å². The standard InChI is InChI=1S/C44H47IN4O6P2/c1-52-39-19-9-21-41(43(39)56(50)46-23-11-17-37(46)28-48(56)35-13-5-3-6-14-35)54-30-32-25-33(27-34(45)26-32)31-55-42-22-10-20-40(53-2)44(42)57(51)47-24-12-18-38(47)29-49(57)36-15-7-4-8-16-36/h3-10,13-16,19-22,25-27,37-38H,11-12,17-18,23-24,28-31H2,1-2H3/t37-,38-,56?,57?/m1/s1. The van der Waals surface area contributed by atoms with Gasteiger partial charge in [-0.3, -0.25) is 9.13 Å². The van der Waals surface area contributed by atoms with Crippen molar-refractivity contribution < 1.29 is 28.1 Å². The van der Waals surface area contributed by atoms with Crippen LogP contribution in [-0.2, 0) is 22.3 Å². The molecule has 10 nitrogen and oxygen atoms in total. The van der Waals surface area contributed by atoms with Crippen molar-refractivity contribution in [2.45, 2.75) is 51.0 Å². The van der Waals surface area contributed by atoms with Gasteiger partial charge in [0.15, 0.2) is 0 Å². The number of benzene rings is 5. The summed E-state index contributed by atoms with van der Waals surface area (Å²) in [6.45, 7) is 3.40. The molecule has 5 aromatic carbocycles. The van der Waals surface area contributed by atoms with E-state index in [4.69, 9.17) is 18.9 Å². The Labute approximate surface area is 348 Å². The van der Waals surface area contributed by atoms with Gasteiger partial charge in [-0.1, -0.05) is 48.5 Å². The Balaban J connectivity index is 1.00. The van der Waals surface area contributed by atoms with Crippen molar-refractivity contribution in [1.29, 1.82) is 0 Å². The second kappa shape index (κ2) is 16.0. The molecule has 0 radical (unpaired) electrons. The molecule has 0 aliphatic carbocycles. The van der Waals surface area contributed by atoms with Gasteiger partial charge in [0.05, 0.1) is 14.2 Å². The fourth-order valence-corrected chi connectivity index (χ4v) is 17.1. The molecule has 4 aliphatic heterocycles. The van der Waals surface area contributed by atoms with Crippen LogP contribution in [-0.4, -0.2) is 61.8 Å². The highest BCUT2D eigenvalue weighted by Gasteiger charge is 2.55. The summed E-state index contributed by atoms with van der Waals surface area (Å²) in [5.74, 6) is 2.21. The van der Waals surface area contributed by atoms with Crippen molar-refractivity contribution in [3.63, 3.8) is 0 Å². The smallest absolute Gasteiger partial charge is 0.276 e. The number of rotatable bonds is 12. The van der Waals surface area contributed by atoms with Crippen LogP contribution in [0, 0.1) is 3.57 Å². The molecule has 57 heavy (non-hydrogen) atoms. The number of anilines is 2. The summed E-state index contributed by atoms with van der Waals surface area (Å²) in [4.78, 5) is 0. The van der Waals surface area contributed by atoms with Gasteiger partial charge < -0.3 is 28.3 Å². The zero-order valence-corrected chi connectivity index (χ0v) is 36.2. The van der Waals surface area contributed by atoms with Crippen LogP contribution in [0.15, 0.2) is 115 Å². The molecule has 0 N–H and O–H groups in total. The van der Waals surface area contributed by atoms with E-state index in [0.29, 0.717) is 46.7 Å². The van der Waals surface area contributed by atoms with E-state index in [9.17, 15) is 0 Å². The normalized spacial score (nSPS) is 24.4. The Hall–Kier alpha value is -3.99. The molecule has 5 aromatic rings. The highest BCUT2D eigenvalue weighted by molar-refractivity contribution is 14.1. The van der Waals surface area contributed by atoms with E-state index in [1.165, 1.54) is 0 Å². The van der Waals surface area contributed by atoms with Gasteiger partial charge in [0.25, 0.3) is 14.9 Å². The minimum atomic E-state index is -3.34. The van der Waals surface area contributed by atoms with Crippen LogP contribution in [0.1, 0.15) is 36.8 Å². The molecule has 4 aliphatic rings. The first-order valence-electron chi connectivity index (χ1n) is 19.6. The fourth-order valence-electron chi connectivity index (χ4n) is 9.19. The lowest BCUT2D eigenvalue weighted by atomic mass is 10.1. The lowest BCUT2D eigenvalue weighted by Gasteiger charge is -2.33. The SMILES string of the molecule is COc1cccc(OCc2cc(I)cc(COc3cccc(OC)c3P3(=O)N(c4ccccc4)C[C@H]4CCCN43)c2)c1P1(=O)N(c2ccccc2)C[C@H]2CCCN21.